The van der Waals surface area contributed by atoms with Crippen molar-refractivity contribution in [2.75, 3.05) is 0 Å². The molecule has 14 heteroatoms. The Hall–Kier alpha value is 0.928. The van der Waals surface area contributed by atoms with E-state index in [0.29, 0.717) is 19.8 Å². The van der Waals surface area contributed by atoms with E-state index in [1.165, 1.54) is 0 Å². The molecule has 0 bridgehead atoms. The molecule has 0 aliphatic rings. The van der Waals surface area contributed by atoms with Gasteiger partial charge in [-0.25, -0.2) is 0 Å². The van der Waals surface area contributed by atoms with Crippen LogP contribution in [0.15, 0.2) is 0 Å². The monoisotopic (exact) mass is 482 g/mol. The fourth-order valence-corrected chi connectivity index (χ4v) is 0. The van der Waals surface area contributed by atoms with E-state index in [2.05, 4.69) is 122 Å². The van der Waals surface area contributed by atoms with Gasteiger partial charge in [-0.15, -0.1) is 0 Å². The van der Waals surface area contributed by atoms with E-state index >= 15 is 0 Å². The molecule has 0 radical (unpaired) electrons. The summed E-state index contributed by atoms with van der Waals surface area (Å²) in [5, 5.41) is 0. The molecule has 0 aromatic rings. The van der Waals surface area contributed by atoms with Crippen molar-refractivity contribution in [1.29, 1.82) is 0 Å². The van der Waals surface area contributed by atoms with Crippen LogP contribution in [0.1, 0.15) is 0 Å². The second kappa shape index (κ2) is 30.7. The fourth-order valence-electron chi connectivity index (χ4n) is 0. The van der Waals surface area contributed by atoms with Crippen LogP contribution in [0.25, 0.3) is 0 Å². The SMILES string of the molecule is NC(=S)[S-].NC(=S)[S-].NC(=S)[S-].NC(=S)[S-].[O]=[Mo+4]. The van der Waals surface area contributed by atoms with Crippen LogP contribution in [0.4, 0.5) is 0 Å². The molecule has 104 valence electrons. The van der Waals surface area contributed by atoms with Crippen LogP contribution in [0.2, 0.25) is 0 Å². The summed E-state index contributed by atoms with van der Waals surface area (Å²) in [6.07, 6.45) is 0. The molecular weight excluding hydrogens is 473 g/mol. The van der Waals surface area contributed by atoms with Gasteiger partial charge in [0.05, 0.1) is 0 Å². The van der Waals surface area contributed by atoms with Crippen molar-refractivity contribution < 1.29 is 23.2 Å². The second-order valence-corrected chi connectivity index (χ2v) is 5.83. The first kappa shape index (κ1) is 31.4. The molecule has 0 heterocycles. The Balaban J connectivity index is -0.0000000399. The standard InChI is InChI=1S/4CH3NS2.Mo.O/c4*2-1(3)4;;/h4*(H3,2,3,4);;/q;;;;+4;/p-4. The van der Waals surface area contributed by atoms with E-state index < -0.39 is 0 Å². The van der Waals surface area contributed by atoms with Gasteiger partial charge in [-0.2, -0.15) is 0 Å². The van der Waals surface area contributed by atoms with Gasteiger partial charge in [0, 0.05) is 0 Å². The number of hydrogen-bond acceptors (Lipinski definition) is 9. The average molecular weight is 481 g/mol. The molecule has 8 N–H and O–H groups in total. The van der Waals surface area contributed by atoms with Crippen LogP contribution in [0.5, 0.6) is 0 Å². The number of hydrogen-bond donors (Lipinski definition) is 4. The summed E-state index contributed by atoms with van der Waals surface area (Å²) >= 11 is 33.7. The molecule has 0 amide bonds. The van der Waals surface area contributed by atoms with E-state index in [0.717, 1.165) is 0 Å². The molecule has 0 aliphatic carbocycles. The third-order valence-corrected chi connectivity index (χ3v) is 0. The normalized spacial score (nSPS) is 5.67. The molecule has 0 spiro atoms. The number of thiocarbonyl (C=S) groups is 4. The Kier molecular flexibility index (Phi) is 53.6. The molecule has 0 saturated heterocycles. The van der Waals surface area contributed by atoms with E-state index in [1.807, 2.05) is 0 Å². The van der Waals surface area contributed by atoms with Gasteiger partial charge in [-0.3, -0.25) is 0 Å². The quantitative estimate of drug-likeness (QED) is 0.193. The van der Waals surface area contributed by atoms with E-state index in [9.17, 15) is 0 Å². The van der Waals surface area contributed by atoms with Gasteiger partial charge >= 0.3 is 23.2 Å². The zero-order chi connectivity index (χ0) is 16.3. The van der Waals surface area contributed by atoms with E-state index in [4.69, 9.17) is 3.40 Å². The van der Waals surface area contributed by atoms with Crippen molar-refractivity contribution in [3.05, 3.63) is 0 Å². The second-order valence-electron chi connectivity index (χ2n) is 1.28. The first-order valence-electron chi connectivity index (χ1n) is 2.95. The topological polar surface area (TPSA) is 121 Å². The van der Waals surface area contributed by atoms with Crippen LogP contribution >= 0.6 is 48.9 Å². The number of nitrogens with two attached hydrogens (primary N) is 4. The van der Waals surface area contributed by atoms with Gasteiger partial charge in [0.15, 0.2) is 0 Å². The van der Waals surface area contributed by atoms with Gasteiger partial charge in [-0.1, -0.05) is 17.3 Å². The Morgan fingerprint density at radius 2 is 0.611 bits per heavy atom. The van der Waals surface area contributed by atoms with Gasteiger partial charge < -0.3 is 122 Å². The van der Waals surface area contributed by atoms with Crippen molar-refractivity contribution >= 4 is 117 Å². The summed E-state index contributed by atoms with van der Waals surface area (Å²) in [6.45, 7) is 0. The van der Waals surface area contributed by atoms with Crippen molar-refractivity contribution in [2.45, 2.75) is 0 Å². The maximum atomic E-state index is 8.26. The summed E-state index contributed by atoms with van der Waals surface area (Å²) < 4.78 is 8.59. The molecule has 0 aromatic carbocycles. The maximum absolute atomic E-state index is 8.26. The Bertz CT molecular complexity index is 187. The van der Waals surface area contributed by atoms with Crippen LogP contribution in [-0.2, 0) is 73.7 Å². The first-order chi connectivity index (χ1) is 7.93. The molecule has 0 rings (SSSR count). The zero-order valence-electron chi connectivity index (χ0n) is 8.39. The molecule has 18 heavy (non-hydrogen) atoms. The third-order valence-electron chi connectivity index (χ3n) is 0. The molecular formula is C4H8MoN4OS8. The first-order valence-corrected chi connectivity index (χ1v) is 7.04. The molecule has 0 saturated carbocycles. The van der Waals surface area contributed by atoms with Gasteiger partial charge in [-0.05, 0) is 0 Å². The summed E-state index contributed by atoms with van der Waals surface area (Å²) in [5.41, 5.74) is 18.6. The minimum atomic E-state index is 0.0833. The van der Waals surface area contributed by atoms with E-state index in [-0.39, 0.29) is 17.3 Å². The summed E-state index contributed by atoms with van der Waals surface area (Å²) in [5.74, 6) is 0. The molecule has 0 atom stereocenters. The predicted octanol–water partition coefficient (Wildman–Crippen LogP) is -1.01. The van der Waals surface area contributed by atoms with Crippen LogP contribution in [0, 0.1) is 0 Å². The molecule has 0 aromatic heterocycles. The van der Waals surface area contributed by atoms with Crippen molar-refractivity contribution in [1.82, 2.24) is 0 Å². The zero-order valence-corrected chi connectivity index (χ0v) is 16.9. The van der Waals surface area contributed by atoms with Crippen molar-refractivity contribution in [2.24, 2.45) is 22.9 Å². The van der Waals surface area contributed by atoms with Gasteiger partial charge in [0.1, 0.15) is 0 Å². The summed E-state index contributed by atoms with van der Waals surface area (Å²) in [7, 11) is 0. The predicted molar refractivity (Wildman–Crippen MR) is 97.3 cm³/mol. The van der Waals surface area contributed by atoms with Gasteiger partial charge in [0.2, 0.25) is 0 Å². The van der Waals surface area contributed by atoms with Crippen molar-refractivity contribution in [3.63, 3.8) is 0 Å². The Labute approximate surface area is 161 Å². The third kappa shape index (κ3) is 4980. The Morgan fingerprint density at radius 1 is 0.611 bits per heavy atom. The van der Waals surface area contributed by atoms with E-state index in [1.54, 1.807) is 0 Å². The average Bonchev–Trinajstić information content (AvgIpc) is 2.01. The molecule has 5 nitrogen and oxygen atoms in total. The molecule has 0 unspecified atom stereocenters. The molecule has 0 aliphatic heterocycles. The van der Waals surface area contributed by atoms with Crippen LogP contribution in [0.3, 0.4) is 0 Å². The molecule has 0 fully saturated rings. The van der Waals surface area contributed by atoms with Gasteiger partial charge in [0.25, 0.3) is 0 Å². The minimum absolute atomic E-state index is 0.0833. The summed E-state index contributed by atoms with van der Waals surface area (Å²) in [6, 6.07) is 0. The van der Waals surface area contributed by atoms with Crippen LogP contribution in [-0.4, -0.2) is 17.3 Å². The Morgan fingerprint density at radius 3 is 0.611 bits per heavy atom. The fraction of sp³-hybridized carbons (Fsp3) is 0. The summed E-state index contributed by atoms with van der Waals surface area (Å²) in [4.78, 5) is 0. The van der Waals surface area contributed by atoms with Crippen LogP contribution < -0.4 is 22.9 Å². The van der Waals surface area contributed by atoms with Crippen molar-refractivity contribution in [3.8, 4) is 0 Å². The number of rotatable bonds is 0.